The van der Waals surface area contributed by atoms with E-state index in [2.05, 4.69) is 15.6 Å². The number of carbonyl (C=O) groups is 3. The maximum absolute atomic E-state index is 13.4. The summed E-state index contributed by atoms with van der Waals surface area (Å²) in [5.74, 6) is -2.98. The molecule has 6 rings (SSSR count). The number of benzene rings is 3. The van der Waals surface area contributed by atoms with Crippen LogP contribution in [-0.4, -0.2) is 64.5 Å². The number of hydrogen-bond donors (Lipinski definition) is 3. The monoisotopic (exact) mass is 755 g/mol. The normalized spacial score (nSPS) is 17.4. The largest absolute Gasteiger partial charge is 0.490 e. The summed E-state index contributed by atoms with van der Waals surface area (Å²) in [5.41, 5.74) is -0.0217. The van der Waals surface area contributed by atoms with Crippen LogP contribution in [0.15, 0.2) is 66.7 Å². The standard InChI is InChI=1S/C35H30F9N5O4/c36-33(37,38)21-4-1-19(2-5-21)18-49-16-13-27-28(30(49)53-31(51)35(42,43)44)25-17-20(3-10-26(25)47-27)29(50)45-24-11-14-48(15-12-24)32(52)46-23-8-6-22(7-9-23)34(39,40)41/h1-10,17,24,30,47H,11-16,18H2,(H,45,50)(H,46,52). The molecule has 9 nitrogen and oxygen atoms in total. The van der Waals surface area contributed by atoms with E-state index >= 15 is 0 Å². The van der Waals surface area contributed by atoms with E-state index < -0.39 is 53.8 Å². The molecule has 53 heavy (non-hydrogen) atoms. The van der Waals surface area contributed by atoms with Gasteiger partial charge in [-0.25, -0.2) is 9.59 Å². The van der Waals surface area contributed by atoms with Gasteiger partial charge in [-0.05, 0) is 73.0 Å². The highest BCUT2D eigenvalue weighted by molar-refractivity contribution is 5.99. The number of urea groups is 1. The lowest BCUT2D eigenvalue weighted by atomic mass is 9.99. The quantitative estimate of drug-likeness (QED) is 0.138. The summed E-state index contributed by atoms with van der Waals surface area (Å²) in [6.07, 6.45) is -15.1. The molecule has 4 aromatic rings. The lowest BCUT2D eigenvalue weighted by Gasteiger charge is -2.35. The summed E-state index contributed by atoms with van der Waals surface area (Å²) in [6, 6.07) is 11.7. The van der Waals surface area contributed by atoms with E-state index in [0.717, 1.165) is 36.4 Å². The number of fused-ring (bicyclic) bond motifs is 3. The maximum atomic E-state index is 13.4. The molecule has 2 aliphatic heterocycles. The molecule has 1 aromatic heterocycles. The van der Waals surface area contributed by atoms with Crippen molar-refractivity contribution in [3.63, 3.8) is 0 Å². The minimum atomic E-state index is -5.34. The Morgan fingerprint density at radius 2 is 1.40 bits per heavy atom. The third kappa shape index (κ3) is 8.53. The minimum Gasteiger partial charge on any atom is -0.435 e. The van der Waals surface area contributed by atoms with Crippen molar-refractivity contribution in [2.75, 3.05) is 25.0 Å². The number of carbonyl (C=O) groups excluding carboxylic acids is 3. The second-order valence-corrected chi connectivity index (χ2v) is 12.7. The molecule has 3 N–H and O–H groups in total. The molecule has 3 amide bonds. The Kier molecular flexibility index (Phi) is 10.1. The first-order chi connectivity index (χ1) is 24.9. The lowest BCUT2D eigenvalue weighted by Crippen LogP contribution is -2.47. The van der Waals surface area contributed by atoms with E-state index in [9.17, 15) is 53.9 Å². The molecule has 0 aliphatic carbocycles. The van der Waals surface area contributed by atoms with Gasteiger partial charge in [0.05, 0.1) is 11.1 Å². The van der Waals surface area contributed by atoms with E-state index in [1.54, 1.807) is 6.07 Å². The number of H-pyrrole nitrogens is 1. The van der Waals surface area contributed by atoms with Gasteiger partial charge in [0.25, 0.3) is 5.91 Å². The molecule has 282 valence electrons. The Hall–Kier alpha value is -5.26. The SMILES string of the molecule is O=C(NC1CCN(C(=O)Nc2ccc(C(F)(F)F)cc2)CC1)c1ccc2[nH]c3c(c2c1)C(OC(=O)C(F)(F)F)N(Cc1ccc(C(F)(F)F)cc1)CC3. The minimum absolute atomic E-state index is 0.0883. The van der Waals surface area contributed by atoms with Crippen molar-refractivity contribution in [1.29, 1.82) is 0 Å². The Balaban J connectivity index is 1.15. The van der Waals surface area contributed by atoms with Crippen molar-refractivity contribution in [2.45, 2.75) is 56.6 Å². The number of hydrogen-bond acceptors (Lipinski definition) is 5. The lowest BCUT2D eigenvalue weighted by molar-refractivity contribution is -0.215. The molecule has 1 fully saturated rings. The molecule has 0 spiro atoms. The van der Waals surface area contributed by atoms with Crippen LogP contribution in [-0.2, 0) is 34.8 Å². The van der Waals surface area contributed by atoms with Crippen LogP contribution < -0.4 is 10.6 Å². The fourth-order valence-corrected chi connectivity index (χ4v) is 6.38. The van der Waals surface area contributed by atoms with E-state index in [0.29, 0.717) is 35.0 Å². The molecule has 18 heteroatoms. The fraction of sp³-hybridized carbons (Fsp3) is 0.343. The number of rotatable bonds is 6. The molecule has 3 heterocycles. The molecule has 0 radical (unpaired) electrons. The Morgan fingerprint density at radius 3 is 1.98 bits per heavy atom. The predicted molar refractivity (Wildman–Crippen MR) is 171 cm³/mol. The molecule has 1 atom stereocenters. The van der Waals surface area contributed by atoms with Crippen LogP contribution in [0.25, 0.3) is 10.9 Å². The summed E-state index contributed by atoms with van der Waals surface area (Å²) < 4.78 is 123. The summed E-state index contributed by atoms with van der Waals surface area (Å²) in [4.78, 5) is 44.2. The fourth-order valence-electron chi connectivity index (χ4n) is 6.38. The average Bonchev–Trinajstić information content (AvgIpc) is 3.47. The summed E-state index contributed by atoms with van der Waals surface area (Å²) >= 11 is 0. The van der Waals surface area contributed by atoms with Gasteiger partial charge in [-0.1, -0.05) is 12.1 Å². The number of halogens is 9. The number of nitrogens with one attached hydrogen (secondary N) is 3. The molecule has 1 unspecified atom stereocenters. The van der Waals surface area contributed by atoms with Crippen LogP contribution in [0.1, 0.15) is 57.4 Å². The van der Waals surface area contributed by atoms with Gasteiger partial charge in [-0.15, -0.1) is 0 Å². The second kappa shape index (κ2) is 14.3. The zero-order valence-corrected chi connectivity index (χ0v) is 27.4. The van der Waals surface area contributed by atoms with Gasteiger partial charge in [-0.2, -0.15) is 39.5 Å². The Bertz CT molecular complexity index is 1980. The highest BCUT2D eigenvalue weighted by Crippen LogP contribution is 2.39. The van der Waals surface area contributed by atoms with Crippen LogP contribution in [0.4, 0.5) is 50.0 Å². The smallest absolute Gasteiger partial charge is 0.435 e. The van der Waals surface area contributed by atoms with Gasteiger partial charge in [0, 0.05) is 72.1 Å². The van der Waals surface area contributed by atoms with E-state index in [1.165, 1.54) is 34.1 Å². The van der Waals surface area contributed by atoms with Crippen LogP contribution in [0, 0.1) is 0 Å². The van der Waals surface area contributed by atoms with Crippen molar-refractivity contribution in [1.82, 2.24) is 20.1 Å². The topological polar surface area (TPSA) is 107 Å². The van der Waals surface area contributed by atoms with Crippen molar-refractivity contribution >= 4 is 34.5 Å². The summed E-state index contributed by atoms with van der Waals surface area (Å²) in [6.45, 7) is 0.387. The Morgan fingerprint density at radius 1 is 0.792 bits per heavy atom. The first kappa shape index (κ1) is 37.5. The molecular formula is C35H30F9N5O4. The van der Waals surface area contributed by atoms with Gasteiger partial charge < -0.3 is 25.3 Å². The third-order valence-electron chi connectivity index (χ3n) is 9.11. The van der Waals surface area contributed by atoms with E-state index in [1.807, 2.05) is 0 Å². The molecule has 2 aliphatic rings. The van der Waals surface area contributed by atoms with Crippen LogP contribution in [0.5, 0.6) is 0 Å². The van der Waals surface area contributed by atoms with Crippen molar-refractivity contribution in [3.8, 4) is 0 Å². The van der Waals surface area contributed by atoms with Gasteiger partial charge >= 0.3 is 30.5 Å². The Labute approximate surface area is 295 Å². The number of aromatic nitrogens is 1. The summed E-state index contributed by atoms with van der Waals surface area (Å²) in [7, 11) is 0. The van der Waals surface area contributed by atoms with E-state index in [-0.39, 0.29) is 55.5 Å². The van der Waals surface area contributed by atoms with Gasteiger partial charge in [-0.3, -0.25) is 9.69 Å². The van der Waals surface area contributed by atoms with Gasteiger partial charge in [0.15, 0.2) is 6.23 Å². The second-order valence-electron chi connectivity index (χ2n) is 12.7. The molecule has 1 saturated heterocycles. The highest BCUT2D eigenvalue weighted by Gasteiger charge is 2.45. The van der Waals surface area contributed by atoms with Gasteiger partial charge in [0.2, 0.25) is 0 Å². The number of amides is 3. The molecule has 3 aromatic carbocycles. The van der Waals surface area contributed by atoms with Crippen LogP contribution in [0.3, 0.4) is 0 Å². The van der Waals surface area contributed by atoms with Crippen LogP contribution in [0.2, 0.25) is 0 Å². The predicted octanol–water partition coefficient (Wildman–Crippen LogP) is 7.79. The molecule has 0 bridgehead atoms. The number of nitrogens with zero attached hydrogens (tertiary/aromatic N) is 2. The average molecular weight is 756 g/mol. The summed E-state index contributed by atoms with van der Waals surface area (Å²) in [5, 5.41) is 5.74. The molecule has 0 saturated carbocycles. The van der Waals surface area contributed by atoms with Crippen molar-refractivity contribution < 1.29 is 58.6 Å². The molecular weight excluding hydrogens is 725 g/mol. The highest BCUT2D eigenvalue weighted by atomic mass is 19.4. The number of esters is 1. The zero-order valence-electron chi connectivity index (χ0n) is 27.4. The third-order valence-corrected chi connectivity index (χ3v) is 9.11. The van der Waals surface area contributed by atoms with Crippen molar-refractivity contribution in [2.24, 2.45) is 0 Å². The number of piperidine rings is 1. The number of anilines is 1. The van der Waals surface area contributed by atoms with Crippen molar-refractivity contribution in [3.05, 3.63) is 100 Å². The maximum Gasteiger partial charge on any atom is 0.490 e. The number of likely N-dealkylation sites (tertiary alicyclic amines) is 1. The number of alkyl halides is 9. The zero-order chi connectivity index (χ0) is 38.3. The number of aromatic amines is 1. The number of ether oxygens (including phenoxy) is 1. The van der Waals surface area contributed by atoms with E-state index in [4.69, 9.17) is 4.74 Å². The van der Waals surface area contributed by atoms with Gasteiger partial charge in [0.1, 0.15) is 0 Å². The first-order valence-electron chi connectivity index (χ1n) is 16.2. The van der Waals surface area contributed by atoms with Crippen LogP contribution >= 0.6 is 0 Å². The first-order valence-corrected chi connectivity index (χ1v) is 16.2.